The zero-order valence-electron chi connectivity index (χ0n) is 5.29. The van der Waals surface area contributed by atoms with Crippen LogP contribution in [0.5, 0.6) is 0 Å². The Balaban J connectivity index is 2.41. The van der Waals surface area contributed by atoms with Gasteiger partial charge in [-0.1, -0.05) is 0 Å². The van der Waals surface area contributed by atoms with Gasteiger partial charge in [-0.05, 0) is 12.8 Å². The van der Waals surface area contributed by atoms with E-state index >= 15 is 0 Å². The zero-order valence-corrected chi connectivity index (χ0v) is 6.18. The molecule has 52 valence electrons. The smallest absolute Gasteiger partial charge is 0.209 e. The van der Waals surface area contributed by atoms with Crippen LogP contribution in [0.1, 0.15) is 12.8 Å². The van der Waals surface area contributed by atoms with E-state index in [2.05, 4.69) is 12.6 Å². The van der Waals surface area contributed by atoms with Gasteiger partial charge in [-0.3, -0.25) is 4.79 Å². The van der Waals surface area contributed by atoms with Crippen LogP contribution in [0.4, 0.5) is 0 Å². The molecule has 2 nitrogen and oxygen atoms in total. The van der Waals surface area contributed by atoms with Crippen molar-refractivity contribution >= 4 is 19.0 Å². The Morgan fingerprint density at radius 3 is 3.00 bits per heavy atom. The minimum atomic E-state index is 0.408. The van der Waals surface area contributed by atoms with Crippen molar-refractivity contribution in [1.82, 2.24) is 4.90 Å². The van der Waals surface area contributed by atoms with Gasteiger partial charge < -0.3 is 4.90 Å². The fourth-order valence-electron chi connectivity index (χ4n) is 1.19. The van der Waals surface area contributed by atoms with Gasteiger partial charge in [-0.15, -0.1) is 0 Å². The molecular weight excluding hydrogens is 134 g/mol. The topological polar surface area (TPSA) is 20.3 Å². The SMILES string of the molecule is O=CN1CCC[C@H]1CS. The van der Waals surface area contributed by atoms with Gasteiger partial charge in [0.2, 0.25) is 6.41 Å². The minimum Gasteiger partial charge on any atom is -0.341 e. The van der Waals surface area contributed by atoms with Crippen LogP contribution in [0.3, 0.4) is 0 Å². The lowest BCUT2D eigenvalue weighted by molar-refractivity contribution is -0.118. The number of hydrogen-bond donors (Lipinski definition) is 1. The number of rotatable bonds is 2. The molecule has 1 rings (SSSR count). The van der Waals surface area contributed by atoms with Crippen LogP contribution >= 0.6 is 12.6 Å². The molecule has 1 heterocycles. The molecule has 1 aliphatic rings. The Morgan fingerprint density at radius 2 is 2.56 bits per heavy atom. The summed E-state index contributed by atoms with van der Waals surface area (Å²) in [7, 11) is 0. The number of carbonyl (C=O) groups excluding carboxylic acids is 1. The lowest BCUT2D eigenvalue weighted by Gasteiger charge is -2.16. The van der Waals surface area contributed by atoms with E-state index in [-0.39, 0.29) is 0 Å². The number of carbonyl (C=O) groups is 1. The predicted molar refractivity (Wildman–Crippen MR) is 39.6 cm³/mol. The average Bonchev–Trinajstić information content (AvgIpc) is 2.33. The first-order valence-corrected chi connectivity index (χ1v) is 3.83. The van der Waals surface area contributed by atoms with Gasteiger partial charge >= 0.3 is 0 Å². The van der Waals surface area contributed by atoms with Crippen LogP contribution in [-0.4, -0.2) is 29.6 Å². The van der Waals surface area contributed by atoms with Crippen LogP contribution in [0.25, 0.3) is 0 Å². The summed E-state index contributed by atoms with van der Waals surface area (Å²) in [6, 6.07) is 0.408. The van der Waals surface area contributed by atoms with E-state index in [0.29, 0.717) is 6.04 Å². The highest BCUT2D eigenvalue weighted by molar-refractivity contribution is 7.80. The molecule has 0 radical (unpaired) electrons. The van der Waals surface area contributed by atoms with Crippen molar-refractivity contribution < 1.29 is 4.79 Å². The molecule has 0 spiro atoms. The molecule has 0 aromatic rings. The van der Waals surface area contributed by atoms with Gasteiger partial charge in [0.05, 0.1) is 0 Å². The van der Waals surface area contributed by atoms with Crippen LogP contribution in [0, 0.1) is 0 Å². The third-order valence-electron chi connectivity index (χ3n) is 1.77. The molecule has 0 unspecified atom stereocenters. The van der Waals surface area contributed by atoms with Gasteiger partial charge in [0.1, 0.15) is 0 Å². The number of likely N-dealkylation sites (tertiary alicyclic amines) is 1. The molecular formula is C6H11NOS. The van der Waals surface area contributed by atoms with Crippen molar-refractivity contribution in [2.24, 2.45) is 0 Å². The standard InChI is InChI=1S/C6H11NOS/c8-5-7-3-1-2-6(7)4-9/h5-6,9H,1-4H2/t6-/m0/s1. The first-order chi connectivity index (χ1) is 4.38. The summed E-state index contributed by atoms with van der Waals surface area (Å²) in [5, 5.41) is 0. The third-order valence-corrected chi connectivity index (χ3v) is 2.19. The van der Waals surface area contributed by atoms with Crippen molar-refractivity contribution in [3.63, 3.8) is 0 Å². The first-order valence-electron chi connectivity index (χ1n) is 3.20. The Labute approximate surface area is 60.6 Å². The molecule has 1 amide bonds. The minimum absolute atomic E-state index is 0.408. The number of thiol groups is 1. The van der Waals surface area contributed by atoms with E-state index in [1.54, 1.807) is 0 Å². The molecule has 0 aromatic carbocycles. The van der Waals surface area contributed by atoms with Crippen molar-refractivity contribution in [1.29, 1.82) is 0 Å². The second-order valence-corrected chi connectivity index (χ2v) is 2.69. The van der Waals surface area contributed by atoms with Gasteiger partial charge in [0, 0.05) is 18.3 Å². The Kier molecular flexibility index (Phi) is 2.39. The van der Waals surface area contributed by atoms with Gasteiger partial charge in [-0.2, -0.15) is 12.6 Å². The fraction of sp³-hybridized carbons (Fsp3) is 0.833. The molecule has 1 aliphatic heterocycles. The molecule has 0 bridgehead atoms. The van der Waals surface area contributed by atoms with E-state index in [9.17, 15) is 4.79 Å². The van der Waals surface area contributed by atoms with Crippen LogP contribution in [0.2, 0.25) is 0 Å². The largest absolute Gasteiger partial charge is 0.341 e. The highest BCUT2D eigenvalue weighted by atomic mass is 32.1. The van der Waals surface area contributed by atoms with Crippen LogP contribution in [-0.2, 0) is 4.79 Å². The summed E-state index contributed by atoms with van der Waals surface area (Å²) in [5.74, 6) is 0.804. The summed E-state index contributed by atoms with van der Waals surface area (Å²) < 4.78 is 0. The van der Waals surface area contributed by atoms with Crippen LogP contribution < -0.4 is 0 Å². The average molecular weight is 145 g/mol. The molecule has 0 aromatic heterocycles. The maximum absolute atomic E-state index is 10.3. The quantitative estimate of drug-likeness (QED) is 0.444. The lowest BCUT2D eigenvalue weighted by Crippen LogP contribution is -2.28. The number of amides is 1. The summed E-state index contributed by atoms with van der Waals surface area (Å²) in [4.78, 5) is 12.1. The second-order valence-electron chi connectivity index (χ2n) is 2.32. The third kappa shape index (κ3) is 1.39. The lowest BCUT2D eigenvalue weighted by atomic mass is 10.2. The molecule has 0 N–H and O–H groups in total. The maximum Gasteiger partial charge on any atom is 0.209 e. The molecule has 3 heteroatoms. The molecule has 0 aliphatic carbocycles. The van der Waals surface area contributed by atoms with Crippen molar-refractivity contribution in [3.8, 4) is 0 Å². The predicted octanol–water partition coefficient (Wildman–Crippen LogP) is 0.537. The summed E-state index contributed by atoms with van der Waals surface area (Å²) >= 11 is 4.13. The van der Waals surface area contributed by atoms with Gasteiger partial charge in [0.25, 0.3) is 0 Å². The summed E-state index contributed by atoms with van der Waals surface area (Å²) in [6.07, 6.45) is 3.19. The van der Waals surface area contributed by atoms with E-state index in [1.807, 2.05) is 4.90 Å². The molecule has 9 heavy (non-hydrogen) atoms. The molecule has 1 atom stereocenters. The normalized spacial score (nSPS) is 26.8. The van der Waals surface area contributed by atoms with E-state index in [1.165, 1.54) is 0 Å². The van der Waals surface area contributed by atoms with Gasteiger partial charge in [0.15, 0.2) is 0 Å². The van der Waals surface area contributed by atoms with E-state index in [4.69, 9.17) is 0 Å². The highest BCUT2D eigenvalue weighted by Crippen LogP contribution is 2.15. The van der Waals surface area contributed by atoms with Gasteiger partial charge in [-0.25, -0.2) is 0 Å². The van der Waals surface area contributed by atoms with E-state index in [0.717, 1.165) is 31.5 Å². The zero-order chi connectivity index (χ0) is 6.69. The first kappa shape index (κ1) is 6.93. The second kappa shape index (κ2) is 3.11. The molecule has 1 saturated heterocycles. The molecule has 1 fully saturated rings. The maximum atomic E-state index is 10.3. The number of nitrogens with zero attached hydrogens (tertiary/aromatic N) is 1. The Morgan fingerprint density at radius 1 is 1.78 bits per heavy atom. The Bertz CT molecular complexity index is 107. The van der Waals surface area contributed by atoms with Crippen molar-refractivity contribution in [3.05, 3.63) is 0 Å². The summed E-state index contributed by atoms with van der Waals surface area (Å²) in [6.45, 7) is 0.925. The highest BCUT2D eigenvalue weighted by Gasteiger charge is 2.20. The Hall–Kier alpha value is -0.180. The van der Waals surface area contributed by atoms with E-state index < -0.39 is 0 Å². The summed E-state index contributed by atoms with van der Waals surface area (Å²) in [5.41, 5.74) is 0. The van der Waals surface area contributed by atoms with Crippen LogP contribution in [0.15, 0.2) is 0 Å². The number of hydrogen-bond acceptors (Lipinski definition) is 2. The van der Waals surface area contributed by atoms with Crippen molar-refractivity contribution in [2.75, 3.05) is 12.3 Å². The monoisotopic (exact) mass is 145 g/mol. The fourth-order valence-corrected chi connectivity index (χ4v) is 1.59. The van der Waals surface area contributed by atoms with Crippen molar-refractivity contribution in [2.45, 2.75) is 18.9 Å². The molecule has 0 saturated carbocycles.